The number of para-hydroxylation sites is 1. The van der Waals surface area contributed by atoms with Crippen LogP contribution in [0.1, 0.15) is 16.8 Å². The van der Waals surface area contributed by atoms with E-state index in [0.29, 0.717) is 12.0 Å². The van der Waals surface area contributed by atoms with Crippen molar-refractivity contribution in [2.45, 2.75) is 12.8 Å². The van der Waals surface area contributed by atoms with Gasteiger partial charge >= 0.3 is 0 Å². The fourth-order valence-electron chi connectivity index (χ4n) is 3.33. The Morgan fingerprint density at radius 1 is 0.923 bits per heavy atom. The summed E-state index contributed by atoms with van der Waals surface area (Å²) in [6.07, 6.45) is 4.97. The Morgan fingerprint density at radius 2 is 1.69 bits per heavy atom. The molecule has 0 amide bonds. The van der Waals surface area contributed by atoms with Crippen LogP contribution < -0.4 is 5.32 Å². The van der Waals surface area contributed by atoms with Crippen molar-refractivity contribution in [3.63, 3.8) is 0 Å². The van der Waals surface area contributed by atoms with E-state index in [-0.39, 0.29) is 5.82 Å². The first-order valence-electron chi connectivity index (χ1n) is 8.77. The molecule has 0 fully saturated rings. The molecule has 0 unspecified atom stereocenters. The molecule has 0 radical (unpaired) electrons. The van der Waals surface area contributed by atoms with Crippen molar-refractivity contribution in [2.75, 3.05) is 11.9 Å². The molecule has 2 aromatic carbocycles. The quantitative estimate of drug-likeness (QED) is 0.519. The van der Waals surface area contributed by atoms with Gasteiger partial charge in [0.05, 0.1) is 0 Å². The molecular formula is C22H20FN3. The lowest BCUT2D eigenvalue weighted by atomic mass is 10.0. The SMILES string of the molecule is Fc1ccccc1Cc1[nH]c2ccccc2c1CCNc1ccncc1. The second kappa shape index (κ2) is 7.40. The number of H-pyrrole nitrogens is 1. The zero-order chi connectivity index (χ0) is 17.8. The van der Waals surface area contributed by atoms with E-state index in [1.54, 1.807) is 18.5 Å². The van der Waals surface area contributed by atoms with Crippen LogP contribution in [0.2, 0.25) is 0 Å². The molecule has 2 aromatic heterocycles. The average molecular weight is 345 g/mol. The summed E-state index contributed by atoms with van der Waals surface area (Å²) in [6.45, 7) is 0.802. The molecule has 2 N–H and O–H groups in total. The van der Waals surface area contributed by atoms with Crippen molar-refractivity contribution < 1.29 is 4.39 Å². The monoisotopic (exact) mass is 345 g/mol. The fraction of sp³-hybridized carbons (Fsp3) is 0.136. The van der Waals surface area contributed by atoms with Gasteiger partial charge in [-0.1, -0.05) is 36.4 Å². The van der Waals surface area contributed by atoms with Crippen LogP contribution in [-0.2, 0) is 12.8 Å². The molecule has 4 rings (SSSR count). The second-order valence-corrected chi connectivity index (χ2v) is 6.31. The number of halogens is 1. The van der Waals surface area contributed by atoms with Crippen molar-refractivity contribution in [1.82, 2.24) is 9.97 Å². The van der Waals surface area contributed by atoms with Gasteiger partial charge in [0.2, 0.25) is 0 Å². The highest BCUT2D eigenvalue weighted by molar-refractivity contribution is 5.84. The minimum absolute atomic E-state index is 0.160. The lowest BCUT2D eigenvalue weighted by molar-refractivity contribution is 0.613. The van der Waals surface area contributed by atoms with Gasteiger partial charge in [0.25, 0.3) is 0 Å². The van der Waals surface area contributed by atoms with E-state index >= 15 is 0 Å². The van der Waals surface area contributed by atoms with Gasteiger partial charge in [-0.3, -0.25) is 4.98 Å². The number of hydrogen-bond acceptors (Lipinski definition) is 2. The number of hydrogen-bond donors (Lipinski definition) is 2. The molecule has 4 aromatic rings. The average Bonchev–Trinajstić information content (AvgIpc) is 3.02. The van der Waals surface area contributed by atoms with Gasteiger partial charge in [0.1, 0.15) is 5.82 Å². The molecule has 0 bridgehead atoms. The molecule has 130 valence electrons. The van der Waals surface area contributed by atoms with E-state index < -0.39 is 0 Å². The zero-order valence-electron chi connectivity index (χ0n) is 14.4. The summed E-state index contributed by atoms with van der Waals surface area (Å²) in [5, 5.41) is 4.63. The van der Waals surface area contributed by atoms with Gasteiger partial charge in [-0.15, -0.1) is 0 Å². The van der Waals surface area contributed by atoms with Crippen molar-refractivity contribution in [3.05, 3.63) is 95.7 Å². The summed E-state index contributed by atoms with van der Waals surface area (Å²) < 4.78 is 14.1. The lowest BCUT2D eigenvalue weighted by Gasteiger charge is -2.08. The summed E-state index contributed by atoms with van der Waals surface area (Å²) in [5.41, 5.74) is 5.17. The van der Waals surface area contributed by atoms with E-state index in [1.807, 2.05) is 36.4 Å². The normalized spacial score (nSPS) is 11.0. The summed E-state index contributed by atoms with van der Waals surface area (Å²) >= 11 is 0. The largest absolute Gasteiger partial charge is 0.385 e. The molecule has 0 aliphatic rings. The maximum Gasteiger partial charge on any atom is 0.126 e. The topological polar surface area (TPSA) is 40.7 Å². The number of nitrogens with one attached hydrogen (secondary N) is 2. The number of aromatic amines is 1. The number of anilines is 1. The third-order valence-corrected chi connectivity index (χ3v) is 4.61. The van der Waals surface area contributed by atoms with Crippen LogP contribution >= 0.6 is 0 Å². The molecule has 0 spiro atoms. The zero-order valence-corrected chi connectivity index (χ0v) is 14.4. The van der Waals surface area contributed by atoms with Crippen LogP contribution in [0.25, 0.3) is 10.9 Å². The minimum atomic E-state index is -0.160. The molecule has 26 heavy (non-hydrogen) atoms. The van der Waals surface area contributed by atoms with E-state index in [0.717, 1.165) is 29.9 Å². The molecule has 0 aliphatic heterocycles. The van der Waals surface area contributed by atoms with Crippen LogP contribution in [0, 0.1) is 5.82 Å². The lowest BCUT2D eigenvalue weighted by Crippen LogP contribution is -2.06. The third-order valence-electron chi connectivity index (χ3n) is 4.61. The Labute approximate surface area is 151 Å². The standard InChI is InChI=1S/C22H20FN3/c23-20-7-3-1-5-16(20)15-22-19(18-6-2-4-8-21(18)26-22)11-14-25-17-9-12-24-13-10-17/h1-10,12-13,26H,11,14-15H2,(H,24,25). The first kappa shape index (κ1) is 16.3. The smallest absolute Gasteiger partial charge is 0.126 e. The van der Waals surface area contributed by atoms with Gasteiger partial charge < -0.3 is 10.3 Å². The van der Waals surface area contributed by atoms with Crippen molar-refractivity contribution >= 4 is 16.6 Å². The van der Waals surface area contributed by atoms with Crippen molar-refractivity contribution in [2.24, 2.45) is 0 Å². The Morgan fingerprint density at radius 3 is 2.54 bits per heavy atom. The number of fused-ring (bicyclic) bond motifs is 1. The molecule has 4 heteroatoms. The summed E-state index contributed by atoms with van der Waals surface area (Å²) in [4.78, 5) is 7.52. The molecule has 0 atom stereocenters. The Hall–Kier alpha value is -3.14. The predicted molar refractivity (Wildman–Crippen MR) is 104 cm³/mol. The predicted octanol–water partition coefficient (Wildman–Crippen LogP) is 4.95. The molecule has 0 saturated carbocycles. The second-order valence-electron chi connectivity index (χ2n) is 6.31. The number of nitrogens with zero attached hydrogens (tertiary/aromatic N) is 1. The number of aromatic nitrogens is 2. The Kier molecular flexibility index (Phi) is 4.65. The fourth-order valence-corrected chi connectivity index (χ4v) is 3.33. The third kappa shape index (κ3) is 3.45. The number of rotatable bonds is 6. The van der Waals surface area contributed by atoms with Crippen LogP contribution in [0.3, 0.4) is 0 Å². The van der Waals surface area contributed by atoms with Gasteiger partial charge in [0.15, 0.2) is 0 Å². The molecule has 0 aliphatic carbocycles. The maximum atomic E-state index is 14.1. The van der Waals surface area contributed by atoms with E-state index in [2.05, 4.69) is 27.4 Å². The summed E-state index contributed by atoms with van der Waals surface area (Å²) in [7, 11) is 0. The van der Waals surface area contributed by atoms with Crippen LogP contribution in [-0.4, -0.2) is 16.5 Å². The van der Waals surface area contributed by atoms with Crippen LogP contribution in [0.15, 0.2) is 73.1 Å². The van der Waals surface area contributed by atoms with Crippen molar-refractivity contribution in [1.29, 1.82) is 0 Å². The van der Waals surface area contributed by atoms with Gasteiger partial charge in [-0.05, 0) is 41.8 Å². The molecule has 0 saturated heterocycles. The number of pyridine rings is 1. The highest BCUT2D eigenvalue weighted by atomic mass is 19.1. The Bertz CT molecular complexity index is 1010. The first-order chi connectivity index (χ1) is 12.8. The molecule has 3 nitrogen and oxygen atoms in total. The van der Waals surface area contributed by atoms with Gasteiger partial charge in [0, 0.05) is 47.6 Å². The maximum absolute atomic E-state index is 14.1. The van der Waals surface area contributed by atoms with Crippen LogP contribution in [0.5, 0.6) is 0 Å². The number of benzene rings is 2. The summed E-state index contributed by atoms with van der Waals surface area (Å²) in [5.74, 6) is -0.160. The van der Waals surface area contributed by atoms with E-state index in [1.165, 1.54) is 17.0 Å². The highest BCUT2D eigenvalue weighted by Crippen LogP contribution is 2.25. The van der Waals surface area contributed by atoms with E-state index in [9.17, 15) is 4.39 Å². The first-order valence-corrected chi connectivity index (χ1v) is 8.77. The van der Waals surface area contributed by atoms with Crippen molar-refractivity contribution in [3.8, 4) is 0 Å². The van der Waals surface area contributed by atoms with Gasteiger partial charge in [-0.25, -0.2) is 4.39 Å². The molecular weight excluding hydrogens is 325 g/mol. The summed E-state index contributed by atoms with van der Waals surface area (Å²) in [6, 6.07) is 19.1. The van der Waals surface area contributed by atoms with E-state index in [4.69, 9.17) is 0 Å². The minimum Gasteiger partial charge on any atom is -0.385 e. The highest BCUT2D eigenvalue weighted by Gasteiger charge is 2.13. The van der Waals surface area contributed by atoms with Gasteiger partial charge in [-0.2, -0.15) is 0 Å². The van der Waals surface area contributed by atoms with Crippen LogP contribution in [0.4, 0.5) is 10.1 Å². The molecule has 2 heterocycles. The Balaban J connectivity index is 1.60.